The number of aliphatic hydroxyl groups excluding tert-OH is 13. The Morgan fingerprint density at radius 3 is 1.76 bits per heavy atom. The van der Waals surface area contributed by atoms with E-state index in [1.807, 2.05) is 6.92 Å². The van der Waals surface area contributed by atoms with Gasteiger partial charge in [-0.25, -0.2) is 0 Å². The predicted octanol–water partition coefficient (Wildman–Crippen LogP) is -1.92. The fourth-order valence-corrected chi connectivity index (χ4v) is 15.2. The maximum absolute atomic E-state index is 14.7. The number of hydrogen-bond donors (Lipinski definition) is 13. The molecule has 0 spiro atoms. The minimum absolute atomic E-state index is 0.00779. The van der Waals surface area contributed by atoms with E-state index in [0.717, 1.165) is 12.8 Å². The van der Waals surface area contributed by atoms with Crippen molar-refractivity contribution in [2.75, 3.05) is 26.4 Å². The summed E-state index contributed by atoms with van der Waals surface area (Å²) in [7, 11) is 0. The highest BCUT2D eigenvalue weighted by atomic mass is 16.7. The zero-order chi connectivity index (χ0) is 49.8. The lowest BCUT2D eigenvalue weighted by molar-refractivity contribution is -0.374. The van der Waals surface area contributed by atoms with Gasteiger partial charge >= 0.3 is 5.97 Å². The lowest BCUT2D eigenvalue weighted by Gasteiger charge is -2.72. The Hall–Kier alpha value is -1.51. The number of hydrogen-bond acceptors (Lipinski definition) is 20. The van der Waals surface area contributed by atoms with Crippen molar-refractivity contribution in [1.82, 2.24) is 0 Å². The van der Waals surface area contributed by atoms with E-state index in [2.05, 4.69) is 40.7 Å². The molecule has 0 radical (unpaired) electrons. The summed E-state index contributed by atoms with van der Waals surface area (Å²) in [5.41, 5.74) is -2.35. The molecule has 8 aliphatic rings. The Labute approximate surface area is 396 Å². The van der Waals surface area contributed by atoms with Crippen LogP contribution in [0.5, 0.6) is 0 Å². The summed E-state index contributed by atoms with van der Waals surface area (Å²) in [6.07, 6.45) is -19.2. The largest absolute Gasteiger partial charge is 0.432 e. The molecule has 3 aliphatic heterocycles. The Morgan fingerprint density at radius 1 is 0.618 bits per heavy atom. The fraction of sp³-hybridized carbons (Fsp3) is 0.938. The number of allylic oxidation sites excluding steroid dienone is 2. The van der Waals surface area contributed by atoms with Crippen molar-refractivity contribution in [2.24, 2.45) is 50.2 Å². The molecule has 3 saturated heterocycles. The highest BCUT2D eigenvalue weighted by Crippen LogP contribution is 2.76. The van der Waals surface area contributed by atoms with Crippen LogP contribution in [-0.4, -0.2) is 203 Å². The van der Waals surface area contributed by atoms with Gasteiger partial charge in [-0.15, -0.1) is 0 Å². The molecule has 0 bridgehead atoms. The van der Waals surface area contributed by atoms with E-state index < -0.39 is 158 Å². The molecule has 390 valence electrons. The van der Waals surface area contributed by atoms with Crippen LogP contribution in [0.4, 0.5) is 0 Å². The number of aliphatic hydroxyl groups is 13. The molecule has 0 aromatic rings. The first-order valence-electron chi connectivity index (χ1n) is 24.6. The molecular formula is C48H78O20. The van der Waals surface area contributed by atoms with Crippen LogP contribution in [0.3, 0.4) is 0 Å². The van der Waals surface area contributed by atoms with Crippen LogP contribution in [0, 0.1) is 50.2 Å². The summed E-state index contributed by atoms with van der Waals surface area (Å²) in [6, 6.07) is 0. The van der Waals surface area contributed by atoms with Gasteiger partial charge in [-0.05, 0) is 97.2 Å². The molecule has 0 aromatic heterocycles. The van der Waals surface area contributed by atoms with Gasteiger partial charge < -0.3 is 94.8 Å². The highest BCUT2D eigenvalue weighted by molar-refractivity contribution is 5.79. The van der Waals surface area contributed by atoms with E-state index >= 15 is 0 Å². The van der Waals surface area contributed by atoms with Crippen LogP contribution < -0.4 is 0 Å². The minimum Gasteiger partial charge on any atom is -0.432 e. The quantitative estimate of drug-likeness (QED) is 0.0645. The molecule has 20 heteroatoms. The highest BCUT2D eigenvalue weighted by Gasteiger charge is 2.71. The number of carbonyl (C=O) groups excluding carboxylic acids is 1. The van der Waals surface area contributed by atoms with E-state index in [-0.39, 0.29) is 35.0 Å². The van der Waals surface area contributed by atoms with Crippen molar-refractivity contribution in [3.8, 4) is 0 Å². The van der Waals surface area contributed by atoms with E-state index in [0.29, 0.717) is 38.5 Å². The molecule has 4 saturated carbocycles. The van der Waals surface area contributed by atoms with Crippen LogP contribution in [0.2, 0.25) is 0 Å². The topological polar surface area (TPSA) is 335 Å². The molecule has 5 aliphatic carbocycles. The molecule has 0 unspecified atom stereocenters. The second kappa shape index (κ2) is 18.8. The third kappa shape index (κ3) is 8.07. The number of fused-ring (bicyclic) bond motifs is 7. The van der Waals surface area contributed by atoms with Crippen LogP contribution in [-0.2, 0) is 33.2 Å². The first-order chi connectivity index (χ1) is 31.8. The molecule has 20 nitrogen and oxygen atoms in total. The monoisotopic (exact) mass is 975 g/mol. The summed E-state index contributed by atoms with van der Waals surface area (Å²) in [6.45, 7) is 10.4. The molecular weight excluding hydrogens is 897 g/mol. The smallest absolute Gasteiger partial charge is 0.315 e. The summed E-state index contributed by atoms with van der Waals surface area (Å²) >= 11 is 0. The molecule has 0 aromatic carbocycles. The van der Waals surface area contributed by atoms with Gasteiger partial charge in [0.1, 0.15) is 73.2 Å². The standard InChI is InChI=1S/C48H78O20/c1-43(2)11-13-48(42(62)68-41-35(60)32(57)30(55)25(18-50)64-41)14-12-46(5)21(22(48)15-43)7-8-28-44(3)16-23(53)38(45(4,20-52)27(44)9-10-47(28,46)6)67-40-36(61)33(58)37(26(19-51)65-40)66-39-34(59)31(56)29(54)24(17-49)63-39/h7,22-41,49-61H,8-20H2,1-6H3/t22-,23-,24+,25+,26+,27+,28+,29+,30+,31-,32-,33+,34+,35+,36+,37+,38-,39-,40-,41-,44-,45-,46+,47+,48-/m0/s1. The van der Waals surface area contributed by atoms with E-state index in [1.165, 1.54) is 5.57 Å². The maximum atomic E-state index is 14.7. The average Bonchev–Trinajstić information content (AvgIpc) is 3.29. The molecule has 13 N–H and O–H groups in total. The fourth-order valence-electron chi connectivity index (χ4n) is 15.2. The van der Waals surface area contributed by atoms with Crippen LogP contribution in [0.25, 0.3) is 0 Å². The number of carbonyl (C=O) groups is 1. The zero-order valence-electron chi connectivity index (χ0n) is 40.0. The van der Waals surface area contributed by atoms with Gasteiger partial charge in [0.05, 0.1) is 44.1 Å². The second-order valence-electron chi connectivity index (χ2n) is 23.5. The average molecular weight is 975 g/mol. The Morgan fingerprint density at radius 2 is 1.16 bits per heavy atom. The number of rotatable bonds is 10. The van der Waals surface area contributed by atoms with Crippen LogP contribution in [0.15, 0.2) is 11.6 Å². The van der Waals surface area contributed by atoms with Gasteiger partial charge in [-0.2, -0.15) is 0 Å². The number of ether oxygens (including phenoxy) is 6. The first-order valence-corrected chi connectivity index (χ1v) is 24.6. The van der Waals surface area contributed by atoms with Crippen molar-refractivity contribution in [3.63, 3.8) is 0 Å². The molecule has 68 heavy (non-hydrogen) atoms. The maximum Gasteiger partial charge on any atom is 0.315 e. The third-order valence-electron chi connectivity index (χ3n) is 19.4. The van der Waals surface area contributed by atoms with Gasteiger partial charge in [0.25, 0.3) is 0 Å². The first kappa shape index (κ1) is 52.8. The van der Waals surface area contributed by atoms with E-state index in [1.54, 1.807) is 0 Å². The zero-order valence-corrected chi connectivity index (χ0v) is 40.0. The van der Waals surface area contributed by atoms with Crippen molar-refractivity contribution >= 4 is 5.97 Å². The third-order valence-corrected chi connectivity index (χ3v) is 19.4. The number of esters is 1. The van der Waals surface area contributed by atoms with Gasteiger partial charge in [-0.3, -0.25) is 4.79 Å². The summed E-state index contributed by atoms with van der Waals surface area (Å²) in [5, 5.41) is 139. The Bertz CT molecular complexity index is 1850. The minimum atomic E-state index is -1.84. The van der Waals surface area contributed by atoms with Gasteiger partial charge in [0.2, 0.25) is 6.29 Å². The van der Waals surface area contributed by atoms with Crippen molar-refractivity contribution < 1.29 is 99.6 Å². The van der Waals surface area contributed by atoms with Gasteiger partial charge in [0, 0.05) is 5.41 Å². The summed E-state index contributed by atoms with van der Waals surface area (Å²) in [4.78, 5) is 14.7. The summed E-state index contributed by atoms with van der Waals surface area (Å²) < 4.78 is 35.2. The van der Waals surface area contributed by atoms with E-state index in [4.69, 9.17) is 28.4 Å². The van der Waals surface area contributed by atoms with Crippen molar-refractivity contribution in [1.29, 1.82) is 0 Å². The molecule has 3 heterocycles. The van der Waals surface area contributed by atoms with Crippen LogP contribution in [0.1, 0.15) is 99.3 Å². The normalized spacial score (nSPS) is 54.6. The Kier molecular flexibility index (Phi) is 14.6. The van der Waals surface area contributed by atoms with Gasteiger partial charge in [0.15, 0.2) is 12.6 Å². The predicted molar refractivity (Wildman–Crippen MR) is 233 cm³/mol. The SMILES string of the molecule is CC1(C)CC[C@]2(C(=O)O[C@@H]3O[C@H](CO)[C@@H](O)[C@H](O)[C@H]3O)CC[C@]3(C)C(=CC[C@@H]4[C@@]5(C)C[C@H](O)[C@H](O[C@@H]6O[C@H](CO)[C@@H](O[C@@H]7O[C@H](CO)[C@@H](O)[C@H](O)[C@H]7O)[C@H](O)[C@H]6O)[C@@](C)(CO)[C@@H]5CC[C@]43C)[C@@H]2C1. The Balaban J connectivity index is 1.03. The second-order valence-corrected chi connectivity index (χ2v) is 23.5. The van der Waals surface area contributed by atoms with E-state index in [9.17, 15) is 71.2 Å². The lowest BCUT2D eigenvalue weighted by atomic mass is 9.33. The molecule has 8 rings (SSSR count). The van der Waals surface area contributed by atoms with Crippen molar-refractivity contribution in [2.45, 2.75) is 204 Å². The lowest BCUT2D eigenvalue weighted by Crippen LogP contribution is -2.70. The molecule has 7 fully saturated rings. The van der Waals surface area contributed by atoms with Crippen LogP contribution >= 0.6 is 0 Å². The molecule has 0 amide bonds. The van der Waals surface area contributed by atoms with Crippen molar-refractivity contribution in [3.05, 3.63) is 11.6 Å². The summed E-state index contributed by atoms with van der Waals surface area (Å²) in [5.74, 6) is -1.01. The van der Waals surface area contributed by atoms with Gasteiger partial charge in [-0.1, -0.05) is 53.2 Å². The molecule has 25 atom stereocenters.